The lowest BCUT2D eigenvalue weighted by molar-refractivity contribution is -0.0640. The van der Waals surface area contributed by atoms with Gasteiger partial charge in [0.25, 0.3) is 11.1 Å². The summed E-state index contributed by atoms with van der Waals surface area (Å²) < 4.78 is 115. The average Bonchev–Trinajstić information content (AvgIpc) is 2.11. The largest absolute Gasteiger partial charge is 0.694 e. The number of aliphatic hydroxyl groups is 5. The number of H-pyrrole nitrogens is 2. The smallest absolute Gasteiger partial charge is 0.387 e. The van der Waals surface area contributed by atoms with Crippen molar-refractivity contribution in [1.29, 1.82) is 0 Å². The zero-order valence-electron chi connectivity index (χ0n) is 42.4. The van der Waals surface area contributed by atoms with Crippen LogP contribution in [0.25, 0.3) is 22.3 Å². The molecule has 0 radical (unpaired) electrons. The van der Waals surface area contributed by atoms with Crippen LogP contribution < -0.4 is 39.7 Å². The van der Waals surface area contributed by atoms with Gasteiger partial charge >= 0.3 is 43.1 Å². The Morgan fingerprint density at radius 2 is 1.06 bits per heavy atom. The number of aromatic amines is 2. The summed E-state index contributed by atoms with van der Waals surface area (Å²) >= 11 is 0. The van der Waals surface area contributed by atoms with E-state index >= 15 is 0 Å². The van der Waals surface area contributed by atoms with Gasteiger partial charge < -0.3 is 76.4 Å². The second kappa shape index (κ2) is 24.2. The van der Waals surface area contributed by atoms with E-state index in [4.69, 9.17) is 63.3 Å². The van der Waals surface area contributed by atoms with Crippen molar-refractivity contribution in [3.05, 3.63) is 85.2 Å². The lowest BCUT2D eigenvalue weighted by atomic mass is 10.1. The Hall–Kier alpha value is -6.15. The summed E-state index contributed by atoms with van der Waals surface area (Å²) in [5, 5.41) is 56.3. The number of rotatable bonds is 22. The first kappa shape index (κ1) is 61.9. The number of aromatic nitrogens is 12. The zero-order chi connectivity index (χ0) is 61.2. The highest BCUT2D eigenvalue weighted by Gasteiger charge is 2.55. The number of hydrogen-bond acceptors (Lipinski definition) is 33. The third-order valence-electron chi connectivity index (χ3n) is 13.2. The Morgan fingerprint density at radius 3 is 1.61 bits per heavy atom. The number of nitrogens with one attached hydrogen (secondary N) is 2. The first-order chi connectivity index (χ1) is 40.1. The normalized spacial score (nSPS) is 32.0. The highest BCUT2D eigenvalue weighted by Crippen LogP contribution is 2.54. The van der Waals surface area contributed by atoms with Crippen LogP contribution in [0.15, 0.2) is 62.7 Å². The molecule has 6 aromatic rings. The maximum atomic E-state index is 14.0. The van der Waals surface area contributed by atoms with E-state index in [2.05, 4.69) is 39.4 Å². The Bertz CT molecular complexity index is 3890. The molecule has 10 rings (SSSR count). The van der Waals surface area contributed by atoms with Crippen molar-refractivity contribution < 1.29 is 114 Å². The Labute approximate surface area is 469 Å². The van der Waals surface area contributed by atoms with Gasteiger partial charge in [0.1, 0.15) is 97.5 Å². The van der Waals surface area contributed by atoms with Crippen LogP contribution in [0, 0.1) is 0 Å². The van der Waals surface area contributed by atoms with E-state index in [9.17, 15) is 82.5 Å². The lowest BCUT2D eigenvalue weighted by Crippen LogP contribution is -2.39. The number of aliphatic hydroxyl groups excluding tert-OH is 5. The van der Waals surface area contributed by atoms with Crippen molar-refractivity contribution >= 4 is 71.6 Å². The fourth-order valence-corrected chi connectivity index (χ4v) is 12.5. The van der Waals surface area contributed by atoms with Crippen LogP contribution in [0.3, 0.4) is 0 Å². The van der Waals surface area contributed by atoms with Crippen molar-refractivity contribution in [1.82, 2.24) is 58.1 Å². The van der Waals surface area contributed by atoms with Gasteiger partial charge in [-0.05, 0) is 6.07 Å². The summed E-state index contributed by atoms with van der Waals surface area (Å²) in [6.07, 6.45) is -25.8. The number of phosphoric ester groups is 3. The van der Waals surface area contributed by atoms with Gasteiger partial charge in [0.05, 0.1) is 32.5 Å². The summed E-state index contributed by atoms with van der Waals surface area (Å²) in [6, 6.07) is 1.93. The molecule has 0 bridgehead atoms. The number of ether oxygens (including phenoxy) is 4. The van der Waals surface area contributed by atoms with E-state index in [0.29, 0.717) is 9.13 Å². The number of imidazole rings is 2. The van der Waals surface area contributed by atoms with E-state index in [1.807, 2.05) is 4.98 Å². The molecule has 10 heterocycles. The van der Waals surface area contributed by atoms with Crippen LogP contribution in [0.1, 0.15) is 24.9 Å². The fourth-order valence-electron chi connectivity index (χ4n) is 9.36. The van der Waals surface area contributed by atoms with Crippen molar-refractivity contribution in [2.24, 2.45) is 0 Å². The Balaban J connectivity index is 0.860. The third kappa shape index (κ3) is 13.0. The first-order valence-electron chi connectivity index (χ1n) is 24.2. The van der Waals surface area contributed by atoms with E-state index in [1.54, 1.807) is 0 Å². The molecule has 17 N–H and O–H groups in total. The minimum atomic E-state index is -5.76. The van der Waals surface area contributed by atoms with Gasteiger partial charge in [-0.1, -0.05) is 0 Å². The van der Waals surface area contributed by atoms with Crippen molar-refractivity contribution in [3.63, 3.8) is 0 Å². The molecule has 20 atom stereocenters. The maximum absolute atomic E-state index is 14.0. The summed E-state index contributed by atoms with van der Waals surface area (Å²) in [5.74, 6) is -0.777. The Kier molecular flexibility index (Phi) is 17.6. The van der Waals surface area contributed by atoms with Crippen LogP contribution in [-0.4, -0.2) is 203 Å². The molecule has 4 unspecified atom stereocenters. The van der Waals surface area contributed by atoms with Gasteiger partial charge in [0.15, 0.2) is 47.5 Å². The summed E-state index contributed by atoms with van der Waals surface area (Å²) in [7, 11) is -20.3. The van der Waals surface area contributed by atoms with Gasteiger partial charge in [0.2, 0.25) is 5.95 Å². The molecule has 0 saturated carbocycles. The van der Waals surface area contributed by atoms with Gasteiger partial charge in [-0.2, -0.15) is 9.97 Å². The minimum absolute atomic E-state index is 0.0176. The molecule has 85 heavy (non-hydrogen) atoms. The molecular formula is C38H48N15O28P4+. The van der Waals surface area contributed by atoms with E-state index in [0.717, 1.165) is 52.6 Å². The topological polar surface area (TPSA) is 627 Å². The lowest BCUT2D eigenvalue weighted by Gasteiger charge is -2.26. The number of nitrogens with two attached hydrogens (primary N) is 3. The fraction of sp³-hybridized carbons (Fsp3) is 0.526. The third-order valence-corrected chi connectivity index (χ3v) is 16.5. The molecule has 462 valence electrons. The van der Waals surface area contributed by atoms with Gasteiger partial charge in [-0.3, -0.25) is 65.0 Å². The molecule has 47 heteroatoms. The number of nitrogen functional groups attached to an aromatic ring is 3. The van der Waals surface area contributed by atoms with Gasteiger partial charge in [-0.25, -0.2) is 43.2 Å². The maximum Gasteiger partial charge on any atom is 0.694 e. The van der Waals surface area contributed by atoms with Gasteiger partial charge in [0, 0.05) is 23.0 Å². The first-order valence-corrected chi connectivity index (χ1v) is 29.8. The molecule has 4 fully saturated rings. The van der Waals surface area contributed by atoms with Crippen molar-refractivity contribution in [2.75, 3.05) is 43.6 Å². The second-order valence-electron chi connectivity index (χ2n) is 18.7. The molecule has 0 spiro atoms. The number of hydrogen-bond donors (Lipinski definition) is 14. The van der Waals surface area contributed by atoms with Crippen LogP contribution >= 0.6 is 31.7 Å². The Morgan fingerprint density at radius 1 is 0.576 bits per heavy atom. The molecule has 4 aliphatic rings. The SMILES string of the molecule is Nc1ccn([C@@H]2O[C@H](COP(=O)(O)O[C@H]3[C@@H](O)[C@H](n4ccc(=O)[nH]c4=O)O[C@@H]3CO[P+](=O)O)[C@@H](OP(=O)(O)OC[C@H]3O[C@@H](n4cnc5c(N)ncnc54)[C@H](O)[C@@H]3OP(=O)(O)OC[C@H]3O[C@@H](n4cnc5c(=O)[nH]c(N)nc54)[C@H](O)[C@@H]3O)[C@H]2O)c(=O)n1. The van der Waals surface area contributed by atoms with E-state index < -0.39 is 179 Å². The molecule has 4 aliphatic heterocycles. The van der Waals surface area contributed by atoms with Crippen LogP contribution in [-0.2, 0) is 68.9 Å². The van der Waals surface area contributed by atoms with Crippen molar-refractivity contribution in [3.8, 4) is 0 Å². The molecule has 0 amide bonds. The van der Waals surface area contributed by atoms with Gasteiger partial charge in [-0.15, -0.1) is 9.42 Å². The molecule has 6 aromatic heterocycles. The van der Waals surface area contributed by atoms with Crippen molar-refractivity contribution in [2.45, 2.75) is 98.2 Å². The number of anilines is 3. The molecule has 0 aromatic carbocycles. The van der Waals surface area contributed by atoms with Crippen LogP contribution in [0.4, 0.5) is 17.6 Å². The average molecular weight is 1290 g/mol. The van der Waals surface area contributed by atoms with E-state index in [1.165, 1.54) is 0 Å². The number of nitrogens with zero attached hydrogens (tertiary/aromatic N) is 10. The summed E-state index contributed by atoms with van der Waals surface area (Å²) in [5.41, 5.74) is 12.8. The molecule has 4 saturated heterocycles. The van der Waals surface area contributed by atoms with Crippen LogP contribution in [0.5, 0.6) is 0 Å². The predicted octanol–water partition coefficient (Wildman–Crippen LogP) is -5.92. The monoisotopic (exact) mass is 1290 g/mol. The van der Waals surface area contributed by atoms with E-state index in [-0.39, 0.29) is 39.9 Å². The zero-order valence-corrected chi connectivity index (χ0v) is 46.0. The standard InChI is InChI=1S/C38H47N15O28P4/c39-16-1-3-50(37(61)46-16)33-23(58)26(14(77-33)7-73-84(67,68)79-25-13(5-71-82(63)64)76-34(22(25)57)51-4-2-17(54)47-38(51)62)80-85(69,70)74-8-15-27(24(59)35(78-15)52-10-44-18-28(40)42-9-43-29(18)52)81-83(65,66)72-6-12-20(55)21(56)32(75-12)53-11-45-19-30(53)48-36(41)49-31(19)60/h1-4,9-15,20-27,32-35,55-59H,5-8H2,(H11-,39,40,41,42,43,46,47,48,49,54,60,61,62,63,64,65,66,67,68,69,70)/p+1/t12-,13-,14-,15-,20-,21-,22-,23-,24-,25-,26-,27-,32-,33-,34-,35-/m1/s1. The predicted molar refractivity (Wildman–Crippen MR) is 270 cm³/mol. The minimum Gasteiger partial charge on any atom is -0.387 e. The number of phosphoric acid groups is 3. The second-order valence-corrected chi connectivity index (χ2v) is 23.6. The molecule has 0 aliphatic carbocycles. The highest BCUT2D eigenvalue weighted by molar-refractivity contribution is 7.48. The number of fused-ring (bicyclic) bond motifs is 2. The molecule has 43 nitrogen and oxygen atoms in total. The quantitative estimate of drug-likeness (QED) is 0.0282. The van der Waals surface area contributed by atoms with Crippen LogP contribution in [0.2, 0.25) is 0 Å². The molecular weight excluding hydrogens is 1240 g/mol. The highest BCUT2D eigenvalue weighted by atomic mass is 31.2. The summed E-state index contributed by atoms with van der Waals surface area (Å²) in [6.45, 7) is -4.50. The summed E-state index contributed by atoms with van der Waals surface area (Å²) in [4.78, 5) is 120.